The standard InChI is InChI=1S/C16H16N2O3/c1-10-6-2-3-7-11(10)12-8-4-5-9-13(12)14(15(19)20)18-16(17)21/h2-9,14H,1H3,(H,19,20)(H3,17,18,21). The van der Waals surface area contributed by atoms with E-state index in [4.69, 9.17) is 5.73 Å². The van der Waals surface area contributed by atoms with Crippen molar-refractivity contribution in [2.24, 2.45) is 5.73 Å². The Kier molecular flexibility index (Phi) is 4.23. The summed E-state index contributed by atoms with van der Waals surface area (Å²) in [5.41, 5.74) is 8.28. The first-order valence-corrected chi connectivity index (χ1v) is 6.44. The molecule has 0 fully saturated rings. The summed E-state index contributed by atoms with van der Waals surface area (Å²) in [7, 11) is 0. The molecule has 5 nitrogen and oxygen atoms in total. The van der Waals surface area contributed by atoms with Crippen LogP contribution < -0.4 is 11.1 Å². The number of nitrogens with one attached hydrogen (secondary N) is 1. The maximum absolute atomic E-state index is 11.4. The molecule has 5 heteroatoms. The van der Waals surface area contributed by atoms with Gasteiger partial charge in [-0.1, -0.05) is 48.5 Å². The summed E-state index contributed by atoms with van der Waals surface area (Å²) >= 11 is 0. The van der Waals surface area contributed by atoms with E-state index in [1.807, 2.05) is 43.3 Å². The van der Waals surface area contributed by atoms with Crippen LogP contribution in [0.3, 0.4) is 0 Å². The lowest BCUT2D eigenvalue weighted by Gasteiger charge is -2.18. The molecule has 2 amide bonds. The molecule has 0 aliphatic carbocycles. The number of amides is 2. The molecule has 0 aliphatic heterocycles. The molecule has 0 radical (unpaired) electrons. The molecular weight excluding hydrogens is 268 g/mol. The largest absolute Gasteiger partial charge is 0.479 e. The molecule has 108 valence electrons. The van der Waals surface area contributed by atoms with E-state index in [1.165, 1.54) is 0 Å². The van der Waals surface area contributed by atoms with Crippen molar-refractivity contribution in [1.29, 1.82) is 0 Å². The van der Waals surface area contributed by atoms with Crippen molar-refractivity contribution in [3.05, 3.63) is 59.7 Å². The zero-order chi connectivity index (χ0) is 15.4. The highest BCUT2D eigenvalue weighted by atomic mass is 16.4. The number of benzene rings is 2. The van der Waals surface area contributed by atoms with Gasteiger partial charge in [-0.25, -0.2) is 9.59 Å². The van der Waals surface area contributed by atoms with Crippen molar-refractivity contribution in [1.82, 2.24) is 5.32 Å². The minimum atomic E-state index is -1.18. The number of aliphatic carboxylic acids is 1. The number of rotatable bonds is 4. The van der Waals surface area contributed by atoms with E-state index in [2.05, 4.69) is 5.32 Å². The Hall–Kier alpha value is -2.82. The van der Waals surface area contributed by atoms with Gasteiger partial charge in [0.2, 0.25) is 0 Å². The Balaban J connectivity index is 2.57. The topological polar surface area (TPSA) is 92.4 Å². The Morgan fingerprint density at radius 1 is 1.05 bits per heavy atom. The monoisotopic (exact) mass is 284 g/mol. The SMILES string of the molecule is Cc1ccccc1-c1ccccc1C(NC(N)=O)C(=O)O. The third kappa shape index (κ3) is 3.20. The smallest absolute Gasteiger partial charge is 0.330 e. The predicted molar refractivity (Wildman–Crippen MR) is 79.7 cm³/mol. The van der Waals surface area contributed by atoms with Gasteiger partial charge in [-0.05, 0) is 29.2 Å². The first-order valence-electron chi connectivity index (χ1n) is 6.44. The fourth-order valence-electron chi connectivity index (χ4n) is 2.28. The second-order valence-corrected chi connectivity index (χ2v) is 4.68. The van der Waals surface area contributed by atoms with Gasteiger partial charge in [0.15, 0.2) is 6.04 Å². The van der Waals surface area contributed by atoms with E-state index >= 15 is 0 Å². The molecule has 0 saturated carbocycles. The van der Waals surface area contributed by atoms with Gasteiger partial charge in [-0.3, -0.25) is 0 Å². The Morgan fingerprint density at radius 3 is 2.19 bits per heavy atom. The molecule has 0 spiro atoms. The Labute approximate surface area is 122 Å². The molecule has 2 rings (SSSR count). The van der Waals surface area contributed by atoms with Crippen LogP contribution in [0, 0.1) is 6.92 Å². The summed E-state index contributed by atoms with van der Waals surface area (Å²) in [6.07, 6.45) is 0. The van der Waals surface area contributed by atoms with Crippen molar-refractivity contribution < 1.29 is 14.7 Å². The fourth-order valence-corrected chi connectivity index (χ4v) is 2.28. The van der Waals surface area contributed by atoms with Crippen molar-refractivity contribution in [2.75, 3.05) is 0 Å². The van der Waals surface area contributed by atoms with Crippen LogP contribution in [0.25, 0.3) is 11.1 Å². The molecule has 2 aromatic rings. The number of carboxylic acid groups (broad SMARTS) is 1. The number of hydrogen-bond acceptors (Lipinski definition) is 2. The number of carboxylic acids is 1. The van der Waals surface area contributed by atoms with E-state index in [-0.39, 0.29) is 0 Å². The lowest BCUT2D eigenvalue weighted by atomic mass is 9.92. The maximum atomic E-state index is 11.4. The fraction of sp³-hybridized carbons (Fsp3) is 0.125. The molecular formula is C16H16N2O3. The zero-order valence-corrected chi connectivity index (χ0v) is 11.5. The predicted octanol–water partition coefficient (Wildman–Crippen LogP) is 2.46. The first kappa shape index (κ1) is 14.6. The van der Waals surface area contributed by atoms with Gasteiger partial charge in [0, 0.05) is 0 Å². The van der Waals surface area contributed by atoms with Crippen molar-refractivity contribution in [3.63, 3.8) is 0 Å². The highest BCUT2D eigenvalue weighted by Gasteiger charge is 2.24. The molecule has 0 bridgehead atoms. The maximum Gasteiger partial charge on any atom is 0.330 e. The minimum absolute atomic E-state index is 0.498. The second kappa shape index (κ2) is 6.09. The van der Waals surface area contributed by atoms with Gasteiger partial charge >= 0.3 is 12.0 Å². The number of primary amides is 1. The number of carbonyl (C=O) groups excluding carboxylic acids is 1. The summed E-state index contributed by atoms with van der Waals surface area (Å²) < 4.78 is 0. The summed E-state index contributed by atoms with van der Waals surface area (Å²) in [5, 5.41) is 11.6. The van der Waals surface area contributed by atoms with E-state index in [1.54, 1.807) is 12.1 Å². The lowest BCUT2D eigenvalue weighted by Crippen LogP contribution is -2.37. The third-order valence-electron chi connectivity index (χ3n) is 3.24. The highest BCUT2D eigenvalue weighted by molar-refractivity contribution is 5.86. The van der Waals surface area contributed by atoms with Crippen LogP contribution in [0.4, 0.5) is 4.79 Å². The van der Waals surface area contributed by atoms with Crippen molar-refractivity contribution >= 4 is 12.0 Å². The van der Waals surface area contributed by atoms with Crippen LogP contribution in [0.2, 0.25) is 0 Å². The summed E-state index contributed by atoms with van der Waals surface area (Å²) in [6, 6.07) is 12.7. The first-order chi connectivity index (χ1) is 10.0. The van der Waals surface area contributed by atoms with Crippen LogP contribution in [0.15, 0.2) is 48.5 Å². The normalized spacial score (nSPS) is 11.7. The van der Waals surface area contributed by atoms with Crippen LogP contribution in [-0.2, 0) is 4.79 Å². The quantitative estimate of drug-likeness (QED) is 0.805. The van der Waals surface area contributed by atoms with Gasteiger partial charge in [-0.15, -0.1) is 0 Å². The molecule has 0 saturated heterocycles. The third-order valence-corrected chi connectivity index (χ3v) is 3.24. The number of urea groups is 1. The van der Waals surface area contributed by atoms with Crippen LogP contribution in [0.1, 0.15) is 17.2 Å². The molecule has 21 heavy (non-hydrogen) atoms. The van der Waals surface area contributed by atoms with Gasteiger partial charge in [0.05, 0.1) is 0 Å². The van der Waals surface area contributed by atoms with Crippen LogP contribution in [0.5, 0.6) is 0 Å². The number of hydrogen-bond donors (Lipinski definition) is 3. The number of aryl methyl sites for hydroxylation is 1. The average Bonchev–Trinajstić information content (AvgIpc) is 2.45. The van der Waals surface area contributed by atoms with Gasteiger partial charge < -0.3 is 16.2 Å². The molecule has 4 N–H and O–H groups in total. The zero-order valence-electron chi connectivity index (χ0n) is 11.5. The van der Waals surface area contributed by atoms with Crippen LogP contribution >= 0.6 is 0 Å². The minimum Gasteiger partial charge on any atom is -0.479 e. The van der Waals surface area contributed by atoms with E-state index < -0.39 is 18.0 Å². The average molecular weight is 284 g/mol. The molecule has 2 aromatic carbocycles. The Morgan fingerprint density at radius 2 is 1.62 bits per heavy atom. The van der Waals surface area contributed by atoms with Crippen LogP contribution in [-0.4, -0.2) is 17.1 Å². The molecule has 0 heterocycles. The van der Waals surface area contributed by atoms with Crippen molar-refractivity contribution in [3.8, 4) is 11.1 Å². The molecule has 0 aliphatic rings. The summed E-state index contributed by atoms with van der Waals surface area (Å²) in [4.78, 5) is 22.5. The van der Waals surface area contributed by atoms with Gasteiger partial charge in [-0.2, -0.15) is 0 Å². The van der Waals surface area contributed by atoms with Gasteiger partial charge in [0.1, 0.15) is 0 Å². The molecule has 0 aromatic heterocycles. The summed E-state index contributed by atoms with van der Waals surface area (Å²) in [5.74, 6) is -1.16. The van der Waals surface area contributed by atoms with Crippen molar-refractivity contribution in [2.45, 2.75) is 13.0 Å². The molecule has 1 unspecified atom stereocenters. The van der Waals surface area contributed by atoms with E-state index in [0.717, 1.165) is 16.7 Å². The second-order valence-electron chi connectivity index (χ2n) is 4.68. The number of nitrogens with two attached hydrogens (primary N) is 1. The summed E-state index contributed by atoms with van der Waals surface area (Å²) in [6.45, 7) is 1.95. The van der Waals surface area contributed by atoms with E-state index in [0.29, 0.717) is 5.56 Å². The number of carbonyl (C=O) groups is 2. The Bertz CT molecular complexity index is 683. The molecule has 1 atom stereocenters. The van der Waals surface area contributed by atoms with E-state index in [9.17, 15) is 14.7 Å². The van der Waals surface area contributed by atoms with Gasteiger partial charge in [0.25, 0.3) is 0 Å². The lowest BCUT2D eigenvalue weighted by molar-refractivity contribution is -0.139. The highest BCUT2D eigenvalue weighted by Crippen LogP contribution is 2.30.